The molecule has 0 unspecified atom stereocenters. The van der Waals surface area contributed by atoms with Crippen molar-refractivity contribution in [3.05, 3.63) is 88.8 Å². The molecule has 4 rings (SSSR count). The fourth-order valence-electron chi connectivity index (χ4n) is 3.44. The lowest BCUT2D eigenvalue weighted by Crippen LogP contribution is -2.14. The third-order valence-corrected chi connectivity index (χ3v) is 4.64. The smallest absolute Gasteiger partial charge is 0.344 e. The quantitative estimate of drug-likeness (QED) is 0.444. The van der Waals surface area contributed by atoms with Crippen molar-refractivity contribution in [3.8, 4) is 22.3 Å². The van der Waals surface area contributed by atoms with Gasteiger partial charge in [-0.2, -0.15) is 0 Å². The first-order valence-electron chi connectivity index (χ1n) is 8.76. The van der Waals surface area contributed by atoms with Crippen molar-refractivity contribution in [1.29, 1.82) is 0 Å². The summed E-state index contributed by atoms with van der Waals surface area (Å²) in [5.74, 6) is -1.62. The summed E-state index contributed by atoms with van der Waals surface area (Å²) in [6.07, 6.45) is 0. The summed E-state index contributed by atoms with van der Waals surface area (Å²) in [5, 5.41) is 0.213. The lowest BCUT2D eigenvalue weighted by Gasteiger charge is -2.18. The summed E-state index contributed by atoms with van der Waals surface area (Å²) in [5.41, 5.74) is 0.838. The molecule has 0 aliphatic rings. The molecule has 1 aromatic heterocycles. The van der Waals surface area contributed by atoms with Crippen molar-refractivity contribution in [3.63, 3.8) is 0 Å². The molecule has 0 saturated heterocycles. The van der Waals surface area contributed by atoms with Gasteiger partial charge >= 0.3 is 5.63 Å². The van der Waals surface area contributed by atoms with Crippen LogP contribution in [0.15, 0.2) is 75.9 Å². The van der Waals surface area contributed by atoms with Crippen molar-refractivity contribution < 1.29 is 13.2 Å². The molecule has 0 saturated carbocycles. The number of hydrogen-bond donors (Lipinski definition) is 0. The average Bonchev–Trinajstić information content (AvgIpc) is 2.69. The van der Waals surface area contributed by atoms with Crippen LogP contribution < -0.4 is 10.5 Å². The van der Waals surface area contributed by atoms with Crippen LogP contribution in [0.25, 0.3) is 33.2 Å². The Labute approximate surface area is 160 Å². The summed E-state index contributed by atoms with van der Waals surface area (Å²) in [6, 6.07) is 19.3. The topological polar surface area (TPSA) is 33.5 Å². The molecule has 0 spiro atoms. The molecule has 0 bridgehead atoms. The van der Waals surface area contributed by atoms with E-state index in [1.165, 1.54) is 25.1 Å². The van der Waals surface area contributed by atoms with Crippen LogP contribution in [0.2, 0.25) is 0 Å². The highest BCUT2D eigenvalue weighted by Crippen LogP contribution is 2.39. The molecule has 0 fully saturated rings. The van der Waals surface area contributed by atoms with E-state index < -0.39 is 17.3 Å². The Hall–Kier alpha value is -3.47. The van der Waals surface area contributed by atoms with E-state index in [1.807, 2.05) is 24.3 Å². The number of fused-ring (bicyclic) bond motifs is 1. The summed E-state index contributed by atoms with van der Waals surface area (Å²) >= 11 is 0. The standard InChI is InChI=1S/C23H17F2NO2/c1-26(2)21-17(24)13-16-18(14-9-5-3-6-10-14)19(15-11-7-4-8-12-15)23(27)28-22(16)20(21)25/h3-13H,1-2H3. The molecule has 140 valence electrons. The zero-order valence-electron chi connectivity index (χ0n) is 15.4. The summed E-state index contributed by atoms with van der Waals surface area (Å²) in [4.78, 5) is 14.2. The van der Waals surface area contributed by atoms with Gasteiger partial charge < -0.3 is 9.32 Å². The van der Waals surface area contributed by atoms with Gasteiger partial charge in [0.15, 0.2) is 11.4 Å². The molecule has 28 heavy (non-hydrogen) atoms. The maximum Gasteiger partial charge on any atom is 0.344 e. The van der Waals surface area contributed by atoms with E-state index in [0.717, 1.165) is 0 Å². The van der Waals surface area contributed by atoms with Crippen molar-refractivity contribution in [2.75, 3.05) is 19.0 Å². The second-order valence-electron chi connectivity index (χ2n) is 6.66. The van der Waals surface area contributed by atoms with Crippen LogP contribution in [0.3, 0.4) is 0 Å². The minimum Gasteiger partial charge on any atom is -0.419 e. The normalized spacial score (nSPS) is 11.0. The van der Waals surface area contributed by atoms with Gasteiger partial charge in [0.2, 0.25) is 0 Å². The van der Waals surface area contributed by atoms with Gasteiger partial charge in [0.25, 0.3) is 0 Å². The van der Waals surface area contributed by atoms with Crippen LogP contribution >= 0.6 is 0 Å². The first-order valence-corrected chi connectivity index (χ1v) is 8.76. The monoisotopic (exact) mass is 377 g/mol. The third-order valence-electron chi connectivity index (χ3n) is 4.64. The molecule has 3 nitrogen and oxygen atoms in total. The van der Waals surface area contributed by atoms with Crippen LogP contribution in [0.5, 0.6) is 0 Å². The lowest BCUT2D eigenvalue weighted by atomic mass is 9.92. The number of rotatable bonds is 3. The minimum atomic E-state index is -0.895. The number of benzene rings is 3. The van der Waals surface area contributed by atoms with Gasteiger partial charge in [-0.1, -0.05) is 60.7 Å². The summed E-state index contributed by atoms with van der Waals surface area (Å²) in [6.45, 7) is 0. The highest BCUT2D eigenvalue weighted by molar-refractivity contribution is 6.02. The number of halogens is 2. The van der Waals surface area contributed by atoms with Gasteiger partial charge in [-0.25, -0.2) is 13.6 Å². The first kappa shape index (κ1) is 17.9. The fraction of sp³-hybridized carbons (Fsp3) is 0.0870. The number of nitrogens with zero attached hydrogens (tertiary/aromatic N) is 1. The van der Waals surface area contributed by atoms with E-state index in [1.54, 1.807) is 36.4 Å². The van der Waals surface area contributed by atoms with Gasteiger partial charge in [-0.3, -0.25) is 0 Å². The highest BCUT2D eigenvalue weighted by Gasteiger charge is 2.24. The zero-order chi connectivity index (χ0) is 19.8. The van der Waals surface area contributed by atoms with Crippen LogP contribution in [-0.2, 0) is 0 Å². The van der Waals surface area contributed by atoms with Crippen LogP contribution in [-0.4, -0.2) is 14.1 Å². The summed E-state index contributed by atoms with van der Waals surface area (Å²) < 4.78 is 35.2. The molecule has 0 N–H and O–H groups in total. The lowest BCUT2D eigenvalue weighted by molar-refractivity contribution is 0.518. The van der Waals surface area contributed by atoms with E-state index in [4.69, 9.17) is 4.42 Å². The Morgan fingerprint density at radius 2 is 1.36 bits per heavy atom. The van der Waals surface area contributed by atoms with Crippen molar-refractivity contribution in [2.45, 2.75) is 0 Å². The maximum absolute atomic E-state index is 15.1. The number of anilines is 1. The molecule has 1 heterocycles. The van der Waals surface area contributed by atoms with Crippen LogP contribution in [0.4, 0.5) is 14.5 Å². The van der Waals surface area contributed by atoms with E-state index in [0.29, 0.717) is 16.7 Å². The SMILES string of the molecule is CN(C)c1c(F)cc2c(-c3ccccc3)c(-c3ccccc3)c(=O)oc2c1F. The van der Waals surface area contributed by atoms with E-state index in [-0.39, 0.29) is 22.2 Å². The summed E-state index contributed by atoms with van der Waals surface area (Å²) in [7, 11) is 3.06. The Morgan fingerprint density at radius 3 is 1.89 bits per heavy atom. The maximum atomic E-state index is 15.1. The number of hydrogen-bond acceptors (Lipinski definition) is 3. The van der Waals surface area contributed by atoms with Gasteiger partial charge in [0, 0.05) is 25.0 Å². The average molecular weight is 377 g/mol. The molecule has 0 aliphatic heterocycles. The van der Waals surface area contributed by atoms with Gasteiger partial charge in [-0.15, -0.1) is 0 Å². The third kappa shape index (κ3) is 2.85. The predicted molar refractivity (Wildman–Crippen MR) is 108 cm³/mol. The van der Waals surface area contributed by atoms with Gasteiger partial charge in [0.05, 0.1) is 5.56 Å². The molecule has 5 heteroatoms. The van der Waals surface area contributed by atoms with Gasteiger partial charge in [0.1, 0.15) is 11.5 Å². The predicted octanol–water partition coefficient (Wildman–Crippen LogP) is 5.47. The Kier molecular flexibility index (Phi) is 4.43. The van der Waals surface area contributed by atoms with E-state index in [2.05, 4.69) is 0 Å². The highest BCUT2D eigenvalue weighted by atomic mass is 19.1. The second-order valence-corrected chi connectivity index (χ2v) is 6.66. The minimum absolute atomic E-state index is 0.213. The molecule has 0 atom stereocenters. The van der Waals surface area contributed by atoms with Crippen LogP contribution in [0, 0.1) is 11.6 Å². The Balaban J connectivity index is 2.21. The fourth-order valence-corrected chi connectivity index (χ4v) is 3.44. The largest absolute Gasteiger partial charge is 0.419 e. The van der Waals surface area contributed by atoms with Crippen LogP contribution in [0.1, 0.15) is 0 Å². The van der Waals surface area contributed by atoms with E-state index >= 15 is 4.39 Å². The molecular weight excluding hydrogens is 360 g/mol. The van der Waals surface area contributed by atoms with E-state index in [9.17, 15) is 9.18 Å². The molecule has 4 aromatic rings. The molecular formula is C23H17F2NO2. The molecule has 3 aromatic carbocycles. The van der Waals surface area contributed by atoms with Gasteiger partial charge in [-0.05, 0) is 17.2 Å². The Bertz CT molecular complexity index is 1220. The molecule has 0 radical (unpaired) electrons. The first-order chi connectivity index (χ1) is 13.5. The van der Waals surface area contributed by atoms with Crippen molar-refractivity contribution >= 4 is 16.7 Å². The van der Waals surface area contributed by atoms with Crippen molar-refractivity contribution in [1.82, 2.24) is 0 Å². The zero-order valence-corrected chi connectivity index (χ0v) is 15.4. The van der Waals surface area contributed by atoms with Crippen molar-refractivity contribution in [2.24, 2.45) is 0 Å². The molecule has 0 aliphatic carbocycles. The Morgan fingerprint density at radius 1 is 0.821 bits per heavy atom. The second kappa shape index (κ2) is 6.93. The molecule has 0 amide bonds.